The third-order valence-electron chi connectivity index (χ3n) is 4.95. The molecule has 2 aliphatic rings. The summed E-state index contributed by atoms with van der Waals surface area (Å²) in [4.78, 5) is 0. The lowest BCUT2D eigenvalue weighted by atomic mass is 9.82. The average Bonchev–Trinajstić information content (AvgIpc) is 2.86. The van der Waals surface area contributed by atoms with Crippen LogP contribution in [-0.4, -0.2) is 30.8 Å². The van der Waals surface area contributed by atoms with Crippen molar-refractivity contribution in [2.24, 2.45) is 17.1 Å². The molecule has 2 unspecified atom stereocenters. The van der Waals surface area contributed by atoms with Crippen LogP contribution in [0.15, 0.2) is 0 Å². The molecule has 0 saturated heterocycles. The molecular weight excluding hydrogens is 212 g/mol. The van der Waals surface area contributed by atoms with Crippen molar-refractivity contribution in [2.75, 3.05) is 19.7 Å². The molecule has 2 fully saturated rings. The molecule has 0 aromatic heterocycles. The number of hydrogen-bond donors (Lipinski definition) is 3. The van der Waals surface area contributed by atoms with Gasteiger partial charge in [-0.2, -0.15) is 0 Å². The standard InChI is InChI=1S/C14H28N2O/c15-9-12-5-1-2-6-13(12)16-10-14(11-17)7-3-4-8-14/h12-13,16-17H,1-11,15H2. The van der Waals surface area contributed by atoms with E-state index in [1.165, 1.54) is 51.4 Å². The molecule has 2 atom stereocenters. The van der Waals surface area contributed by atoms with Crippen molar-refractivity contribution in [3.8, 4) is 0 Å². The van der Waals surface area contributed by atoms with Crippen LogP contribution in [0.4, 0.5) is 0 Å². The topological polar surface area (TPSA) is 58.3 Å². The summed E-state index contributed by atoms with van der Waals surface area (Å²) in [6.45, 7) is 2.15. The number of rotatable bonds is 5. The van der Waals surface area contributed by atoms with Crippen molar-refractivity contribution in [2.45, 2.75) is 57.4 Å². The van der Waals surface area contributed by atoms with E-state index < -0.39 is 0 Å². The summed E-state index contributed by atoms with van der Waals surface area (Å²) in [5.74, 6) is 0.654. The van der Waals surface area contributed by atoms with Crippen molar-refractivity contribution in [3.05, 3.63) is 0 Å². The van der Waals surface area contributed by atoms with Crippen LogP contribution in [0.25, 0.3) is 0 Å². The largest absolute Gasteiger partial charge is 0.396 e. The Morgan fingerprint density at radius 1 is 1.12 bits per heavy atom. The molecule has 0 radical (unpaired) electrons. The van der Waals surface area contributed by atoms with Gasteiger partial charge >= 0.3 is 0 Å². The zero-order chi connectivity index (χ0) is 12.1. The Bertz CT molecular complexity index is 226. The van der Waals surface area contributed by atoms with Crippen LogP contribution in [0.1, 0.15) is 51.4 Å². The molecule has 3 heteroatoms. The van der Waals surface area contributed by atoms with Gasteiger partial charge in [0.25, 0.3) is 0 Å². The smallest absolute Gasteiger partial charge is 0.0499 e. The maximum Gasteiger partial charge on any atom is 0.0499 e. The highest BCUT2D eigenvalue weighted by molar-refractivity contribution is 4.89. The second-order valence-corrected chi connectivity index (χ2v) is 6.13. The molecule has 0 heterocycles. The molecule has 3 nitrogen and oxygen atoms in total. The van der Waals surface area contributed by atoms with Gasteiger partial charge < -0.3 is 16.2 Å². The molecular formula is C14H28N2O. The lowest BCUT2D eigenvalue weighted by Crippen LogP contribution is -2.46. The van der Waals surface area contributed by atoms with Crippen LogP contribution < -0.4 is 11.1 Å². The Labute approximate surface area is 105 Å². The summed E-state index contributed by atoms with van der Waals surface area (Å²) in [6, 6.07) is 0.595. The fourth-order valence-corrected chi connectivity index (χ4v) is 3.62. The van der Waals surface area contributed by atoms with E-state index >= 15 is 0 Å². The molecule has 2 rings (SSSR count). The predicted molar refractivity (Wildman–Crippen MR) is 70.8 cm³/mol. The van der Waals surface area contributed by atoms with Gasteiger partial charge in [-0.25, -0.2) is 0 Å². The summed E-state index contributed by atoms with van der Waals surface area (Å²) in [5, 5.41) is 13.3. The minimum Gasteiger partial charge on any atom is -0.396 e. The number of nitrogens with two attached hydrogens (primary N) is 1. The summed E-state index contributed by atoms with van der Waals surface area (Å²) < 4.78 is 0. The first-order valence-electron chi connectivity index (χ1n) is 7.34. The van der Waals surface area contributed by atoms with E-state index in [2.05, 4.69) is 5.32 Å². The Kier molecular flexibility index (Phi) is 4.83. The third-order valence-corrected chi connectivity index (χ3v) is 4.95. The van der Waals surface area contributed by atoms with Crippen LogP contribution in [0.5, 0.6) is 0 Å². The fraction of sp³-hybridized carbons (Fsp3) is 1.00. The quantitative estimate of drug-likeness (QED) is 0.685. The van der Waals surface area contributed by atoms with E-state index in [4.69, 9.17) is 5.73 Å². The second-order valence-electron chi connectivity index (χ2n) is 6.13. The lowest BCUT2D eigenvalue weighted by Gasteiger charge is -2.35. The maximum absolute atomic E-state index is 9.60. The highest BCUT2D eigenvalue weighted by Crippen LogP contribution is 2.37. The van der Waals surface area contributed by atoms with Gasteiger partial charge in [0.15, 0.2) is 0 Å². The molecule has 0 amide bonds. The molecule has 2 aliphatic carbocycles. The molecule has 4 N–H and O–H groups in total. The summed E-state index contributed by atoms with van der Waals surface area (Å²) in [6.07, 6.45) is 10.2. The van der Waals surface area contributed by atoms with E-state index in [9.17, 15) is 5.11 Å². The van der Waals surface area contributed by atoms with E-state index in [1.54, 1.807) is 0 Å². The van der Waals surface area contributed by atoms with Crippen molar-refractivity contribution in [3.63, 3.8) is 0 Å². The third kappa shape index (κ3) is 3.21. The average molecular weight is 240 g/mol. The van der Waals surface area contributed by atoms with Crippen molar-refractivity contribution >= 4 is 0 Å². The van der Waals surface area contributed by atoms with Crippen LogP contribution in [0.3, 0.4) is 0 Å². The lowest BCUT2D eigenvalue weighted by molar-refractivity contribution is 0.116. The number of hydrogen-bond acceptors (Lipinski definition) is 3. The monoisotopic (exact) mass is 240 g/mol. The molecule has 0 aromatic rings. The van der Waals surface area contributed by atoms with Gasteiger partial charge in [-0.3, -0.25) is 0 Å². The number of aliphatic hydroxyl groups is 1. The van der Waals surface area contributed by atoms with E-state index in [0.717, 1.165) is 13.1 Å². The predicted octanol–water partition coefficient (Wildman–Crippen LogP) is 1.65. The minimum atomic E-state index is 0.177. The van der Waals surface area contributed by atoms with E-state index in [1.807, 2.05) is 0 Å². The second kappa shape index (κ2) is 6.17. The van der Waals surface area contributed by atoms with Gasteiger partial charge in [0, 0.05) is 24.6 Å². The first kappa shape index (κ1) is 13.3. The molecule has 0 aromatic carbocycles. The highest BCUT2D eigenvalue weighted by Gasteiger charge is 2.34. The summed E-state index contributed by atoms with van der Waals surface area (Å²) >= 11 is 0. The van der Waals surface area contributed by atoms with Crippen LogP contribution in [0, 0.1) is 11.3 Å². The molecule has 100 valence electrons. The van der Waals surface area contributed by atoms with Gasteiger partial charge in [0.2, 0.25) is 0 Å². The zero-order valence-corrected chi connectivity index (χ0v) is 11.0. The number of aliphatic hydroxyl groups excluding tert-OH is 1. The Hall–Kier alpha value is -0.120. The Morgan fingerprint density at radius 2 is 1.82 bits per heavy atom. The molecule has 2 saturated carbocycles. The van der Waals surface area contributed by atoms with Crippen molar-refractivity contribution < 1.29 is 5.11 Å². The molecule has 0 aliphatic heterocycles. The first-order valence-corrected chi connectivity index (χ1v) is 7.34. The minimum absolute atomic E-state index is 0.177. The van der Waals surface area contributed by atoms with Crippen molar-refractivity contribution in [1.82, 2.24) is 5.32 Å². The summed E-state index contributed by atoms with van der Waals surface area (Å²) in [7, 11) is 0. The maximum atomic E-state index is 9.60. The van der Waals surface area contributed by atoms with Gasteiger partial charge in [-0.1, -0.05) is 25.7 Å². The first-order chi connectivity index (χ1) is 8.29. The van der Waals surface area contributed by atoms with E-state index in [0.29, 0.717) is 18.6 Å². The van der Waals surface area contributed by atoms with Crippen LogP contribution >= 0.6 is 0 Å². The van der Waals surface area contributed by atoms with Gasteiger partial charge in [0.1, 0.15) is 0 Å². The van der Waals surface area contributed by atoms with E-state index in [-0.39, 0.29) is 5.41 Å². The highest BCUT2D eigenvalue weighted by atomic mass is 16.3. The molecule has 0 bridgehead atoms. The molecule has 0 spiro atoms. The Balaban J connectivity index is 1.83. The SMILES string of the molecule is NCC1CCCCC1NCC1(CO)CCCC1. The fourth-order valence-electron chi connectivity index (χ4n) is 3.62. The normalized spacial score (nSPS) is 32.8. The Morgan fingerprint density at radius 3 is 2.47 bits per heavy atom. The van der Waals surface area contributed by atoms with Gasteiger partial charge in [-0.15, -0.1) is 0 Å². The number of nitrogens with one attached hydrogen (secondary N) is 1. The molecule has 17 heavy (non-hydrogen) atoms. The van der Waals surface area contributed by atoms with Crippen molar-refractivity contribution in [1.29, 1.82) is 0 Å². The van der Waals surface area contributed by atoms with Gasteiger partial charge in [-0.05, 0) is 38.1 Å². The van der Waals surface area contributed by atoms with Crippen LogP contribution in [0.2, 0.25) is 0 Å². The summed E-state index contributed by atoms with van der Waals surface area (Å²) in [5.41, 5.74) is 6.03. The van der Waals surface area contributed by atoms with Gasteiger partial charge in [0.05, 0.1) is 0 Å². The zero-order valence-electron chi connectivity index (χ0n) is 11.0. The van der Waals surface area contributed by atoms with Crippen LogP contribution in [-0.2, 0) is 0 Å².